The van der Waals surface area contributed by atoms with Crippen LogP contribution in [-0.4, -0.2) is 38.2 Å². The lowest BCUT2D eigenvalue weighted by molar-refractivity contribution is -0.117. The molecule has 0 atom stereocenters. The van der Waals surface area contributed by atoms with Gasteiger partial charge in [0.05, 0.1) is 6.61 Å². The molecule has 0 aromatic heterocycles. The summed E-state index contributed by atoms with van der Waals surface area (Å²) in [5.74, 6) is 0.164. The van der Waals surface area contributed by atoms with Crippen LogP contribution in [0.4, 0.5) is 4.79 Å². The van der Waals surface area contributed by atoms with Crippen molar-refractivity contribution in [3.63, 3.8) is 0 Å². The van der Waals surface area contributed by atoms with E-state index >= 15 is 0 Å². The van der Waals surface area contributed by atoms with E-state index in [1.165, 1.54) is 0 Å². The Morgan fingerprint density at radius 3 is 2.53 bits per heavy atom. The van der Waals surface area contributed by atoms with Crippen LogP contribution >= 0.6 is 0 Å². The van der Waals surface area contributed by atoms with Crippen molar-refractivity contribution in [1.82, 2.24) is 5.32 Å². The summed E-state index contributed by atoms with van der Waals surface area (Å²) in [5, 5.41) is 2.50. The Balaban J connectivity index is 3.11. The van der Waals surface area contributed by atoms with E-state index in [4.69, 9.17) is 9.47 Å². The summed E-state index contributed by atoms with van der Waals surface area (Å²) in [6.07, 6.45) is 0.832. The molecular formula is C10H19NO4. The van der Waals surface area contributed by atoms with E-state index in [1.54, 1.807) is 6.92 Å². The fourth-order valence-corrected chi connectivity index (χ4v) is 0.914. The lowest BCUT2D eigenvalue weighted by Gasteiger charge is -2.05. The van der Waals surface area contributed by atoms with Crippen LogP contribution in [0.2, 0.25) is 0 Å². The molecule has 0 aliphatic rings. The molecule has 0 heterocycles. The molecule has 0 rings (SSSR count). The van der Waals surface area contributed by atoms with Crippen LogP contribution in [0.3, 0.4) is 0 Å². The number of nitrogens with one attached hydrogen (secondary N) is 1. The SMILES string of the molecule is CCNC(=O)OCCOCCCC(C)=O. The van der Waals surface area contributed by atoms with Crippen LogP contribution in [-0.2, 0) is 14.3 Å². The van der Waals surface area contributed by atoms with Crippen LogP contribution in [0.5, 0.6) is 0 Å². The molecular weight excluding hydrogens is 198 g/mol. The highest BCUT2D eigenvalue weighted by molar-refractivity contribution is 5.75. The van der Waals surface area contributed by atoms with Crippen LogP contribution in [0.15, 0.2) is 0 Å². The summed E-state index contributed by atoms with van der Waals surface area (Å²) in [6, 6.07) is 0. The van der Waals surface area contributed by atoms with Crippen LogP contribution < -0.4 is 5.32 Å². The zero-order valence-corrected chi connectivity index (χ0v) is 9.38. The van der Waals surface area contributed by atoms with Gasteiger partial charge in [-0.1, -0.05) is 0 Å². The van der Waals surface area contributed by atoms with E-state index in [1.807, 2.05) is 6.92 Å². The number of hydrogen-bond acceptors (Lipinski definition) is 4. The largest absolute Gasteiger partial charge is 0.447 e. The predicted octanol–water partition coefficient (Wildman–Crippen LogP) is 1.12. The quantitative estimate of drug-likeness (QED) is 0.619. The van der Waals surface area contributed by atoms with E-state index in [-0.39, 0.29) is 12.4 Å². The Hall–Kier alpha value is -1.10. The Bertz CT molecular complexity index is 194. The fourth-order valence-electron chi connectivity index (χ4n) is 0.914. The minimum absolute atomic E-state index is 0.164. The third-order valence-electron chi connectivity index (χ3n) is 1.60. The van der Waals surface area contributed by atoms with Gasteiger partial charge in [0, 0.05) is 19.6 Å². The number of alkyl carbamates (subject to hydrolysis) is 1. The molecule has 0 aromatic rings. The first-order valence-electron chi connectivity index (χ1n) is 5.14. The molecule has 0 saturated carbocycles. The van der Waals surface area contributed by atoms with E-state index in [9.17, 15) is 9.59 Å². The molecule has 5 heteroatoms. The molecule has 0 fully saturated rings. The van der Waals surface area contributed by atoms with Crippen LogP contribution in [0.1, 0.15) is 26.7 Å². The van der Waals surface area contributed by atoms with Crippen LogP contribution in [0.25, 0.3) is 0 Å². The average Bonchev–Trinajstić information content (AvgIpc) is 2.16. The molecule has 15 heavy (non-hydrogen) atoms. The van der Waals surface area contributed by atoms with Gasteiger partial charge in [0.25, 0.3) is 0 Å². The van der Waals surface area contributed by atoms with Gasteiger partial charge in [-0.05, 0) is 20.3 Å². The first-order valence-corrected chi connectivity index (χ1v) is 5.14. The normalized spacial score (nSPS) is 9.73. The van der Waals surface area contributed by atoms with Gasteiger partial charge in [-0.15, -0.1) is 0 Å². The predicted molar refractivity (Wildman–Crippen MR) is 55.8 cm³/mol. The number of hydrogen-bond donors (Lipinski definition) is 1. The van der Waals surface area contributed by atoms with E-state index in [2.05, 4.69) is 5.32 Å². The molecule has 0 saturated heterocycles. The number of rotatable bonds is 8. The number of carbonyl (C=O) groups excluding carboxylic acids is 2. The highest BCUT2D eigenvalue weighted by atomic mass is 16.6. The van der Waals surface area contributed by atoms with Crippen molar-refractivity contribution in [2.45, 2.75) is 26.7 Å². The topological polar surface area (TPSA) is 64.6 Å². The summed E-state index contributed by atoms with van der Waals surface area (Å²) < 4.78 is 9.92. The van der Waals surface area contributed by atoms with Crippen molar-refractivity contribution in [1.29, 1.82) is 0 Å². The molecule has 0 spiro atoms. The van der Waals surface area contributed by atoms with Gasteiger partial charge in [-0.3, -0.25) is 0 Å². The maximum Gasteiger partial charge on any atom is 0.407 e. The van der Waals surface area contributed by atoms with Crippen molar-refractivity contribution in [2.24, 2.45) is 0 Å². The minimum atomic E-state index is -0.426. The van der Waals surface area contributed by atoms with Crippen molar-refractivity contribution in [2.75, 3.05) is 26.4 Å². The Kier molecular flexibility index (Phi) is 8.76. The summed E-state index contributed by atoms with van der Waals surface area (Å²) in [4.78, 5) is 21.3. The standard InChI is InChI=1S/C10H19NO4/c1-3-11-10(13)15-8-7-14-6-4-5-9(2)12/h3-8H2,1-2H3,(H,11,13). The van der Waals surface area contributed by atoms with Gasteiger partial charge in [0.15, 0.2) is 0 Å². The fraction of sp³-hybridized carbons (Fsp3) is 0.800. The summed E-state index contributed by atoms with van der Waals surface area (Å²) in [7, 11) is 0. The van der Waals surface area contributed by atoms with Crippen molar-refractivity contribution in [3.8, 4) is 0 Å². The second-order valence-electron chi connectivity index (χ2n) is 3.08. The Morgan fingerprint density at radius 1 is 1.20 bits per heavy atom. The lowest BCUT2D eigenvalue weighted by atomic mass is 10.2. The number of carbonyl (C=O) groups is 2. The number of ether oxygens (including phenoxy) is 2. The van der Waals surface area contributed by atoms with Crippen LogP contribution in [0, 0.1) is 0 Å². The monoisotopic (exact) mass is 217 g/mol. The molecule has 1 amide bonds. The van der Waals surface area contributed by atoms with Gasteiger partial charge in [0.2, 0.25) is 0 Å². The minimum Gasteiger partial charge on any atom is -0.447 e. The summed E-state index contributed by atoms with van der Waals surface area (Å²) >= 11 is 0. The second kappa shape index (κ2) is 9.45. The molecule has 0 radical (unpaired) electrons. The molecule has 0 aliphatic heterocycles. The molecule has 0 aliphatic carbocycles. The zero-order valence-electron chi connectivity index (χ0n) is 9.38. The third-order valence-corrected chi connectivity index (χ3v) is 1.60. The molecule has 0 bridgehead atoms. The number of Topliss-reactive ketones (excluding diaryl/α,β-unsaturated/α-hetero) is 1. The maximum absolute atomic E-state index is 10.8. The summed E-state index contributed by atoms with van der Waals surface area (Å²) in [6.45, 7) is 5.06. The smallest absolute Gasteiger partial charge is 0.407 e. The van der Waals surface area contributed by atoms with Gasteiger partial charge in [0.1, 0.15) is 12.4 Å². The average molecular weight is 217 g/mol. The van der Waals surface area contributed by atoms with Gasteiger partial charge in [-0.25, -0.2) is 4.79 Å². The molecule has 1 N–H and O–H groups in total. The third kappa shape index (κ3) is 10.8. The first-order chi connectivity index (χ1) is 7.16. The Morgan fingerprint density at radius 2 is 1.93 bits per heavy atom. The maximum atomic E-state index is 10.8. The molecule has 0 unspecified atom stereocenters. The van der Waals surface area contributed by atoms with Crippen molar-refractivity contribution in [3.05, 3.63) is 0 Å². The molecule has 88 valence electrons. The van der Waals surface area contributed by atoms with E-state index in [0.29, 0.717) is 26.2 Å². The highest BCUT2D eigenvalue weighted by Crippen LogP contribution is 1.91. The number of amides is 1. The van der Waals surface area contributed by atoms with Crippen molar-refractivity contribution < 1.29 is 19.1 Å². The Labute approximate surface area is 90.1 Å². The van der Waals surface area contributed by atoms with Gasteiger partial charge in [-0.2, -0.15) is 0 Å². The first kappa shape index (κ1) is 13.9. The van der Waals surface area contributed by atoms with Gasteiger partial charge >= 0.3 is 6.09 Å². The van der Waals surface area contributed by atoms with E-state index in [0.717, 1.165) is 6.42 Å². The zero-order chi connectivity index (χ0) is 11.5. The number of ketones is 1. The summed E-state index contributed by atoms with van der Waals surface area (Å²) in [5.41, 5.74) is 0. The molecule has 0 aromatic carbocycles. The van der Waals surface area contributed by atoms with E-state index < -0.39 is 6.09 Å². The van der Waals surface area contributed by atoms with Gasteiger partial charge < -0.3 is 19.6 Å². The molecule has 5 nitrogen and oxygen atoms in total. The lowest BCUT2D eigenvalue weighted by Crippen LogP contribution is -2.25. The second-order valence-corrected chi connectivity index (χ2v) is 3.08. The highest BCUT2D eigenvalue weighted by Gasteiger charge is 1.98. The van der Waals surface area contributed by atoms with Crippen molar-refractivity contribution >= 4 is 11.9 Å².